The molecule has 1 aromatic rings. The summed E-state index contributed by atoms with van der Waals surface area (Å²) in [6, 6.07) is 8.93. The predicted molar refractivity (Wildman–Crippen MR) is 74.7 cm³/mol. The van der Waals surface area contributed by atoms with Crippen LogP contribution in [0.2, 0.25) is 0 Å². The topological polar surface area (TPSA) is 38.0 Å². The van der Waals surface area contributed by atoms with Crippen LogP contribution in [0.3, 0.4) is 0 Å². The lowest BCUT2D eigenvalue weighted by atomic mass is 9.81. The predicted octanol–water partition coefficient (Wildman–Crippen LogP) is 3.53. The standard InChI is InChI=1S/C15H26N2/c1-14(2,3)12-9-7-11(8-10-12)13(17-16)15(4,5)6/h7-10,13,17H,16H2,1-6H3. The maximum Gasteiger partial charge on any atom is 0.0508 e. The van der Waals surface area contributed by atoms with E-state index in [1.807, 2.05) is 0 Å². The van der Waals surface area contributed by atoms with Gasteiger partial charge in [0.05, 0.1) is 6.04 Å². The van der Waals surface area contributed by atoms with Crippen LogP contribution in [0.1, 0.15) is 58.7 Å². The Hall–Kier alpha value is -0.860. The van der Waals surface area contributed by atoms with E-state index in [1.165, 1.54) is 11.1 Å². The minimum absolute atomic E-state index is 0.109. The molecular formula is C15H26N2. The van der Waals surface area contributed by atoms with Crippen molar-refractivity contribution in [3.8, 4) is 0 Å². The Morgan fingerprint density at radius 1 is 0.941 bits per heavy atom. The Bertz CT molecular complexity index is 352. The first-order chi connectivity index (χ1) is 7.66. The normalized spacial score (nSPS) is 14.8. The molecule has 0 aliphatic rings. The fourth-order valence-electron chi connectivity index (χ4n) is 2.02. The number of hydrogen-bond acceptors (Lipinski definition) is 2. The summed E-state index contributed by atoms with van der Waals surface area (Å²) < 4.78 is 0. The molecule has 0 aromatic heterocycles. The highest BCUT2D eigenvalue weighted by molar-refractivity contribution is 5.29. The molecule has 0 heterocycles. The van der Waals surface area contributed by atoms with Gasteiger partial charge in [-0.05, 0) is 22.0 Å². The zero-order chi connectivity index (χ0) is 13.3. The van der Waals surface area contributed by atoms with Crippen LogP contribution in [-0.2, 0) is 5.41 Å². The largest absolute Gasteiger partial charge is 0.271 e. The first-order valence-corrected chi connectivity index (χ1v) is 6.23. The molecule has 0 saturated carbocycles. The van der Waals surface area contributed by atoms with E-state index in [0.717, 1.165) is 0 Å². The minimum Gasteiger partial charge on any atom is -0.271 e. The van der Waals surface area contributed by atoms with Crippen LogP contribution in [0.25, 0.3) is 0 Å². The summed E-state index contributed by atoms with van der Waals surface area (Å²) in [4.78, 5) is 0. The molecule has 1 aromatic carbocycles. The van der Waals surface area contributed by atoms with Crippen LogP contribution in [0.4, 0.5) is 0 Å². The number of benzene rings is 1. The third-order valence-electron chi connectivity index (χ3n) is 3.14. The van der Waals surface area contributed by atoms with Crippen molar-refractivity contribution in [2.45, 2.75) is 53.0 Å². The second kappa shape index (κ2) is 4.79. The molecule has 17 heavy (non-hydrogen) atoms. The van der Waals surface area contributed by atoms with Crippen LogP contribution in [0.15, 0.2) is 24.3 Å². The smallest absolute Gasteiger partial charge is 0.0508 e. The number of rotatable bonds is 2. The molecule has 2 heteroatoms. The van der Waals surface area contributed by atoms with Crippen LogP contribution in [0, 0.1) is 5.41 Å². The molecular weight excluding hydrogens is 208 g/mol. The molecule has 1 unspecified atom stereocenters. The van der Waals surface area contributed by atoms with Crippen molar-refractivity contribution in [2.24, 2.45) is 11.3 Å². The molecule has 0 spiro atoms. The zero-order valence-corrected chi connectivity index (χ0v) is 12.0. The van der Waals surface area contributed by atoms with E-state index in [1.54, 1.807) is 0 Å². The van der Waals surface area contributed by atoms with Crippen molar-refractivity contribution in [2.75, 3.05) is 0 Å². The van der Waals surface area contributed by atoms with Gasteiger partial charge in [-0.2, -0.15) is 0 Å². The number of hydrazine groups is 1. The van der Waals surface area contributed by atoms with Gasteiger partial charge in [-0.25, -0.2) is 0 Å². The molecule has 0 aliphatic carbocycles. The fourth-order valence-corrected chi connectivity index (χ4v) is 2.02. The van der Waals surface area contributed by atoms with Gasteiger partial charge in [0.15, 0.2) is 0 Å². The molecule has 0 saturated heterocycles. The summed E-state index contributed by atoms with van der Waals surface area (Å²) in [5.74, 6) is 5.66. The monoisotopic (exact) mass is 234 g/mol. The van der Waals surface area contributed by atoms with E-state index in [2.05, 4.69) is 71.2 Å². The number of hydrogen-bond donors (Lipinski definition) is 2. The van der Waals surface area contributed by atoms with Gasteiger partial charge in [0, 0.05) is 0 Å². The van der Waals surface area contributed by atoms with Crippen molar-refractivity contribution in [1.29, 1.82) is 0 Å². The maximum atomic E-state index is 5.66. The fraction of sp³-hybridized carbons (Fsp3) is 0.600. The molecule has 0 aliphatic heterocycles. The van der Waals surface area contributed by atoms with Crippen LogP contribution < -0.4 is 11.3 Å². The minimum atomic E-state index is 0.109. The second-order valence-corrected chi connectivity index (χ2v) is 6.84. The first-order valence-electron chi connectivity index (χ1n) is 6.23. The van der Waals surface area contributed by atoms with Crippen molar-refractivity contribution in [3.63, 3.8) is 0 Å². The Morgan fingerprint density at radius 2 is 1.41 bits per heavy atom. The summed E-state index contributed by atoms with van der Waals surface area (Å²) in [7, 11) is 0. The van der Waals surface area contributed by atoms with Gasteiger partial charge in [-0.15, -0.1) is 0 Å². The van der Waals surface area contributed by atoms with Gasteiger partial charge in [-0.1, -0.05) is 65.8 Å². The van der Waals surface area contributed by atoms with E-state index >= 15 is 0 Å². The molecule has 0 amide bonds. The molecule has 0 bridgehead atoms. The van der Waals surface area contributed by atoms with Crippen molar-refractivity contribution >= 4 is 0 Å². The summed E-state index contributed by atoms with van der Waals surface area (Å²) in [6.45, 7) is 13.2. The SMILES string of the molecule is CC(C)(C)c1ccc(C(NN)C(C)(C)C)cc1. The molecule has 3 N–H and O–H groups in total. The van der Waals surface area contributed by atoms with Gasteiger partial charge >= 0.3 is 0 Å². The molecule has 0 radical (unpaired) electrons. The van der Waals surface area contributed by atoms with Crippen molar-refractivity contribution < 1.29 is 0 Å². The van der Waals surface area contributed by atoms with E-state index in [0.29, 0.717) is 0 Å². The Morgan fingerprint density at radius 3 is 1.71 bits per heavy atom. The highest BCUT2D eigenvalue weighted by atomic mass is 15.2. The highest BCUT2D eigenvalue weighted by Gasteiger charge is 2.25. The van der Waals surface area contributed by atoms with E-state index in [-0.39, 0.29) is 16.9 Å². The van der Waals surface area contributed by atoms with Gasteiger partial charge in [0.2, 0.25) is 0 Å². The van der Waals surface area contributed by atoms with Crippen LogP contribution >= 0.6 is 0 Å². The van der Waals surface area contributed by atoms with Gasteiger partial charge < -0.3 is 0 Å². The van der Waals surface area contributed by atoms with Gasteiger partial charge in [-0.3, -0.25) is 11.3 Å². The Kier molecular flexibility index (Phi) is 4.00. The Balaban J connectivity index is 3.02. The summed E-state index contributed by atoms with van der Waals surface area (Å²) in [5.41, 5.74) is 5.82. The summed E-state index contributed by atoms with van der Waals surface area (Å²) in [5, 5.41) is 0. The molecule has 96 valence electrons. The highest BCUT2D eigenvalue weighted by Crippen LogP contribution is 2.33. The van der Waals surface area contributed by atoms with Crippen LogP contribution in [-0.4, -0.2) is 0 Å². The average molecular weight is 234 g/mol. The lowest BCUT2D eigenvalue weighted by Gasteiger charge is -2.31. The van der Waals surface area contributed by atoms with Crippen LogP contribution in [0.5, 0.6) is 0 Å². The van der Waals surface area contributed by atoms with E-state index in [4.69, 9.17) is 5.84 Å². The second-order valence-electron chi connectivity index (χ2n) is 6.84. The zero-order valence-electron chi connectivity index (χ0n) is 12.0. The maximum absolute atomic E-state index is 5.66. The molecule has 1 atom stereocenters. The summed E-state index contributed by atoms with van der Waals surface area (Å²) in [6.07, 6.45) is 0. The first kappa shape index (κ1) is 14.2. The lowest BCUT2D eigenvalue weighted by Crippen LogP contribution is -2.36. The summed E-state index contributed by atoms with van der Waals surface area (Å²) >= 11 is 0. The van der Waals surface area contributed by atoms with Gasteiger partial charge in [0.1, 0.15) is 0 Å². The third-order valence-corrected chi connectivity index (χ3v) is 3.14. The lowest BCUT2D eigenvalue weighted by molar-refractivity contribution is 0.275. The van der Waals surface area contributed by atoms with Gasteiger partial charge in [0.25, 0.3) is 0 Å². The number of nitrogens with two attached hydrogens (primary N) is 1. The Labute approximate surface area is 106 Å². The molecule has 0 fully saturated rings. The molecule has 2 nitrogen and oxygen atoms in total. The quantitative estimate of drug-likeness (QED) is 0.607. The average Bonchev–Trinajstić information content (AvgIpc) is 2.16. The van der Waals surface area contributed by atoms with E-state index < -0.39 is 0 Å². The van der Waals surface area contributed by atoms with E-state index in [9.17, 15) is 0 Å². The number of nitrogens with one attached hydrogen (secondary N) is 1. The third kappa shape index (κ3) is 3.55. The van der Waals surface area contributed by atoms with Crippen molar-refractivity contribution in [1.82, 2.24) is 5.43 Å². The molecule has 1 rings (SSSR count). The van der Waals surface area contributed by atoms with Crippen molar-refractivity contribution in [3.05, 3.63) is 35.4 Å².